The quantitative estimate of drug-likeness (QED) is 0.451. The second kappa shape index (κ2) is 6.11. The summed E-state index contributed by atoms with van der Waals surface area (Å²) in [7, 11) is 1.53. The molecule has 5 nitrogen and oxygen atoms in total. The van der Waals surface area contributed by atoms with Crippen molar-refractivity contribution < 1.29 is 18.7 Å². The number of nitrogens with two attached hydrogens (primary N) is 2. The summed E-state index contributed by atoms with van der Waals surface area (Å²) in [4.78, 5) is 22.6. The van der Waals surface area contributed by atoms with Crippen molar-refractivity contribution in [2.45, 2.75) is 12.8 Å². The second-order valence-electron chi connectivity index (χ2n) is 3.77. The fraction of sp³-hybridized carbons (Fsp3) is 0.333. The van der Waals surface area contributed by atoms with Crippen molar-refractivity contribution in [3.05, 3.63) is 29.1 Å². The number of hydrogen-bond acceptors (Lipinski definition) is 4. The normalized spacial score (nSPS) is 10.3. The molecule has 0 aliphatic carbocycles. The molecule has 98 valence electrons. The van der Waals surface area contributed by atoms with Gasteiger partial charge in [-0.15, -0.1) is 0 Å². The summed E-state index contributed by atoms with van der Waals surface area (Å²) in [6, 6.07) is 2.48. The predicted molar refractivity (Wildman–Crippen MR) is 64.8 cm³/mol. The van der Waals surface area contributed by atoms with Crippen LogP contribution < -0.4 is 11.5 Å². The number of carbonyl (C=O) groups is 2. The van der Waals surface area contributed by atoms with Crippen LogP contribution in [0.1, 0.15) is 33.6 Å². The molecule has 0 aromatic heterocycles. The Balaban J connectivity index is 2.94. The van der Waals surface area contributed by atoms with Crippen LogP contribution in [-0.4, -0.2) is 25.4 Å². The molecule has 0 unspecified atom stereocenters. The number of hydrogen-bond donors (Lipinski definition) is 2. The third-order valence-electron chi connectivity index (χ3n) is 2.50. The fourth-order valence-electron chi connectivity index (χ4n) is 1.54. The molecule has 0 aliphatic heterocycles. The number of amides is 1. The monoisotopic (exact) mass is 254 g/mol. The van der Waals surface area contributed by atoms with E-state index in [1.165, 1.54) is 13.2 Å². The van der Waals surface area contributed by atoms with E-state index in [1.807, 2.05) is 0 Å². The molecule has 0 bridgehead atoms. The van der Waals surface area contributed by atoms with Crippen molar-refractivity contribution in [3.8, 4) is 0 Å². The van der Waals surface area contributed by atoms with E-state index in [-0.39, 0.29) is 29.0 Å². The van der Waals surface area contributed by atoms with Crippen molar-refractivity contribution in [2.24, 2.45) is 5.73 Å². The minimum Gasteiger partial charge on any atom is -0.396 e. The molecule has 1 aromatic rings. The Morgan fingerprint density at radius 2 is 1.94 bits per heavy atom. The van der Waals surface area contributed by atoms with Crippen molar-refractivity contribution in [2.75, 3.05) is 19.5 Å². The van der Waals surface area contributed by atoms with Crippen LogP contribution >= 0.6 is 0 Å². The molecule has 0 fully saturated rings. The molecule has 4 N–H and O–H groups in total. The van der Waals surface area contributed by atoms with Crippen molar-refractivity contribution in [3.63, 3.8) is 0 Å². The van der Waals surface area contributed by atoms with Crippen LogP contribution in [0.4, 0.5) is 10.1 Å². The number of ketones is 1. The maximum absolute atomic E-state index is 13.7. The Morgan fingerprint density at radius 1 is 1.33 bits per heavy atom. The van der Waals surface area contributed by atoms with Gasteiger partial charge in [0, 0.05) is 25.7 Å². The largest absolute Gasteiger partial charge is 0.396 e. The topological polar surface area (TPSA) is 95.4 Å². The fourth-order valence-corrected chi connectivity index (χ4v) is 1.54. The van der Waals surface area contributed by atoms with E-state index in [4.69, 9.17) is 16.2 Å². The molecule has 0 atom stereocenters. The highest BCUT2D eigenvalue weighted by Crippen LogP contribution is 2.21. The molecular weight excluding hydrogens is 239 g/mol. The number of methoxy groups -OCH3 is 1. The van der Waals surface area contributed by atoms with Gasteiger partial charge in [0.15, 0.2) is 11.6 Å². The minimum absolute atomic E-state index is 0.0635. The third kappa shape index (κ3) is 3.04. The minimum atomic E-state index is -0.944. The SMILES string of the molecule is COCCCC(=O)c1ccc(C(N)=O)c(F)c1N. The van der Waals surface area contributed by atoms with E-state index in [9.17, 15) is 14.0 Å². The lowest BCUT2D eigenvalue weighted by molar-refractivity contribution is 0.0959. The molecule has 0 aliphatic rings. The first kappa shape index (κ1) is 14.1. The zero-order chi connectivity index (χ0) is 13.7. The van der Waals surface area contributed by atoms with Gasteiger partial charge in [-0.25, -0.2) is 4.39 Å². The molecule has 0 heterocycles. The number of ether oxygens (including phenoxy) is 1. The lowest BCUT2D eigenvalue weighted by Crippen LogP contribution is -2.16. The molecule has 1 aromatic carbocycles. The Bertz CT molecular complexity index is 475. The van der Waals surface area contributed by atoms with Crippen LogP contribution in [0.3, 0.4) is 0 Å². The summed E-state index contributed by atoms with van der Waals surface area (Å²) in [5, 5.41) is 0. The highest BCUT2D eigenvalue weighted by molar-refractivity contribution is 6.03. The van der Waals surface area contributed by atoms with Crippen LogP contribution in [0.5, 0.6) is 0 Å². The predicted octanol–water partition coefficient (Wildman–Crippen LogP) is 1.12. The lowest BCUT2D eigenvalue weighted by Gasteiger charge is -2.08. The summed E-state index contributed by atoms with van der Waals surface area (Å²) in [5.41, 5.74) is 9.87. The Morgan fingerprint density at radius 3 is 2.50 bits per heavy atom. The summed E-state index contributed by atoms with van der Waals surface area (Å²) >= 11 is 0. The number of Topliss-reactive ketones (excluding diaryl/α,β-unsaturated/α-hetero) is 1. The van der Waals surface area contributed by atoms with E-state index in [2.05, 4.69) is 0 Å². The van der Waals surface area contributed by atoms with Crippen LogP contribution in [0, 0.1) is 5.82 Å². The van der Waals surface area contributed by atoms with Gasteiger partial charge in [0.1, 0.15) is 0 Å². The van der Waals surface area contributed by atoms with Crippen molar-refractivity contribution in [1.82, 2.24) is 0 Å². The molecule has 1 amide bonds. The highest BCUT2D eigenvalue weighted by Gasteiger charge is 2.18. The van der Waals surface area contributed by atoms with Crippen molar-refractivity contribution in [1.29, 1.82) is 0 Å². The second-order valence-corrected chi connectivity index (χ2v) is 3.77. The molecule has 0 spiro atoms. The van der Waals surface area contributed by atoms with Gasteiger partial charge in [-0.2, -0.15) is 0 Å². The van der Waals surface area contributed by atoms with E-state index >= 15 is 0 Å². The van der Waals surface area contributed by atoms with Crippen LogP contribution in [-0.2, 0) is 4.74 Å². The first-order valence-corrected chi connectivity index (χ1v) is 5.39. The molecule has 18 heavy (non-hydrogen) atoms. The Labute approximate surface area is 104 Å². The van der Waals surface area contributed by atoms with Gasteiger partial charge >= 0.3 is 0 Å². The number of primary amides is 1. The number of nitrogen functional groups attached to an aromatic ring is 1. The van der Waals surface area contributed by atoms with E-state index < -0.39 is 11.7 Å². The molecular formula is C12H15FN2O3. The smallest absolute Gasteiger partial charge is 0.251 e. The van der Waals surface area contributed by atoms with E-state index in [0.717, 1.165) is 6.07 Å². The number of halogens is 1. The first-order valence-electron chi connectivity index (χ1n) is 5.39. The summed E-state index contributed by atoms with van der Waals surface area (Å²) < 4.78 is 18.5. The van der Waals surface area contributed by atoms with Gasteiger partial charge in [-0.05, 0) is 18.6 Å². The van der Waals surface area contributed by atoms with Gasteiger partial charge in [0.05, 0.1) is 11.3 Å². The summed E-state index contributed by atoms with van der Waals surface area (Å²) in [6.07, 6.45) is 0.724. The van der Waals surface area contributed by atoms with Gasteiger partial charge in [0.2, 0.25) is 0 Å². The number of anilines is 1. The molecule has 0 radical (unpaired) electrons. The van der Waals surface area contributed by atoms with Crippen molar-refractivity contribution >= 4 is 17.4 Å². The van der Waals surface area contributed by atoms with Crippen LogP contribution in [0.2, 0.25) is 0 Å². The number of rotatable bonds is 6. The van der Waals surface area contributed by atoms with Crippen LogP contribution in [0.25, 0.3) is 0 Å². The van der Waals surface area contributed by atoms with Gasteiger partial charge in [0.25, 0.3) is 5.91 Å². The average Bonchev–Trinajstić information content (AvgIpc) is 2.32. The molecule has 0 saturated heterocycles. The van der Waals surface area contributed by atoms with E-state index in [1.54, 1.807) is 0 Å². The zero-order valence-electron chi connectivity index (χ0n) is 10.0. The summed E-state index contributed by atoms with van der Waals surface area (Å²) in [5.74, 6) is -2.16. The van der Waals surface area contributed by atoms with Gasteiger partial charge in [-0.1, -0.05) is 0 Å². The first-order chi connectivity index (χ1) is 8.49. The third-order valence-corrected chi connectivity index (χ3v) is 2.50. The maximum Gasteiger partial charge on any atom is 0.251 e. The highest BCUT2D eigenvalue weighted by atomic mass is 19.1. The standard InChI is InChI=1S/C12H15FN2O3/c1-18-6-2-3-9(16)7-4-5-8(12(15)17)10(13)11(7)14/h4-5H,2-3,6,14H2,1H3,(H2,15,17). The van der Waals surface area contributed by atoms with Crippen LogP contribution in [0.15, 0.2) is 12.1 Å². The maximum atomic E-state index is 13.7. The lowest BCUT2D eigenvalue weighted by atomic mass is 10.0. The molecule has 1 rings (SSSR count). The average molecular weight is 254 g/mol. The van der Waals surface area contributed by atoms with Gasteiger partial charge < -0.3 is 16.2 Å². The number of carbonyl (C=O) groups excluding carboxylic acids is 2. The van der Waals surface area contributed by atoms with E-state index in [0.29, 0.717) is 13.0 Å². The molecule has 0 saturated carbocycles. The molecule has 6 heteroatoms. The Kier molecular flexibility index (Phi) is 4.79. The zero-order valence-corrected chi connectivity index (χ0v) is 10.0. The summed E-state index contributed by atoms with van der Waals surface area (Å²) in [6.45, 7) is 0.438. The number of benzene rings is 1. The van der Waals surface area contributed by atoms with Gasteiger partial charge in [-0.3, -0.25) is 9.59 Å². The Hall–Kier alpha value is -1.95.